The molecule has 0 saturated heterocycles. The van der Waals surface area contributed by atoms with Gasteiger partial charge in [0.25, 0.3) is 0 Å². The molecule has 0 aromatic heterocycles. The van der Waals surface area contributed by atoms with E-state index in [9.17, 15) is 4.79 Å². The first kappa shape index (κ1) is 10.5. The molecule has 13 heavy (non-hydrogen) atoms. The van der Waals surface area contributed by atoms with E-state index in [4.69, 9.17) is 5.11 Å². The average Bonchev–Trinajstić information content (AvgIpc) is 2.07. The molecule has 0 heterocycles. The monoisotopic (exact) mass is 185 g/mol. The van der Waals surface area contributed by atoms with Crippen molar-refractivity contribution in [3.05, 3.63) is 0 Å². The van der Waals surface area contributed by atoms with Crippen LogP contribution >= 0.6 is 0 Å². The molecule has 0 atom stereocenters. The Balaban J connectivity index is 1.96. The van der Waals surface area contributed by atoms with Crippen molar-refractivity contribution in [2.24, 2.45) is 5.92 Å². The van der Waals surface area contributed by atoms with Gasteiger partial charge >= 0.3 is 0 Å². The quantitative estimate of drug-likeness (QED) is 0.673. The van der Waals surface area contributed by atoms with Crippen LogP contribution in [-0.2, 0) is 4.79 Å². The number of carbonyl (C=O) groups is 1. The Morgan fingerprint density at radius 3 is 2.77 bits per heavy atom. The standard InChI is InChI=1S/C10H19NO2/c1-2-3-4-10(13)11-7-8-5-9(12)6-8/h8-9,12H,2-7H2,1H3,(H,11,13). The fourth-order valence-corrected chi connectivity index (χ4v) is 1.55. The number of aliphatic hydroxyl groups is 1. The summed E-state index contributed by atoms with van der Waals surface area (Å²) < 4.78 is 0. The molecule has 1 rings (SSSR count). The molecule has 1 aliphatic rings. The van der Waals surface area contributed by atoms with Gasteiger partial charge in [-0.15, -0.1) is 0 Å². The van der Waals surface area contributed by atoms with Crippen LogP contribution in [0.3, 0.4) is 0 Å². The number of amides is 1. The summed E-state index contributed by atoms with van der Waals surface area (Å²) in [5.41, 5.74) is 0. The third kappa shape index (κ3) is 3.77. The lowest BCUT2D eigenvalue weighted by Crippen LogP contribution is -2.38. The molecule has 76 valence electrons. The lowest BCUT2D eigenvalue weighted by atomic mass is 9.82. The predicted octanol–water partition coefficient (Wildman–Crippen LogP) is 1.06. The van der Waals surface area contributed by atoms with Gasteiger partial charge in [0.15, 0.2) is 0 Å². The van der Waals surface area contributed by atoms with Gasteiger partial charge in [-0.1, -0.05) is 13.3 Å². The Hall–Kier alpha value is -0.570. The molecular weight excluding hydrogens is 166 g/mol. The smallest absolute Gasteiger partial charge is 0.220 e. The number of unbranched alkanes of at least 4 members (excludes halogenated alkanes) is 1. The molecule has 0 bridgehead atoms. The normalized spacial score (nSPS) is 26.6. The lowest BCUT2D eigenvalue weighted by molar-refractivity contribution is -0.121. The fraction of sp³-hybridized carbons (Fsp3) is 0.900. The molecule has 3 heteroatoms. The van der Waals surface area contributed by atoms with Crippen LogP contribution in [0.5, 0.6) is 0 Å². The summed E-state index contributed by atoms with van der Waals surface area (Å²) in [4.78, 5) is 11.2. The van der Waals surface area contributed by atoms with E-state index in [1.165, 1.54) is 0 Å². The highest BCUT2D eigenvalue weighted by atomic mass is 16.3. The Morgan fingerprint density at radius 1 is 1.54 bits per heavy atom. The molecular formula is C10H19NO2. The van der Waals surface area contributed by atoms with E-state index in [0.29, 0.717) is 12.3 Å². The Kier molecular flexibility index (Phi) is 4.22. The number of nitrogens with one attached hydrogen (secondary N) is 1. The molecule has 0 spiro atoms. The second-order valence-corrected chi connectivity index (χ2v) is 3.90. The Morgan fingerprint density at radius 2 is 2.23 bits per heavy atom. The minimum Gasteiger partial charge on any atom is -0.393 e. The molecule has 0 radical (unpaired) electrons. The molecule has 1 saturated carbocycles. The second kappa shape index (κ2) is 5.22. The molecule has 0 aromatic carbocycles. The maximum atomic E-state index is 11.2. The summed E-state index contributed by atoms with van der Waals surface area (Å²) in [5.74, 6) is 0.670. The Labute approximate surface area is 79.5 Å². The van der Waals surface area contributed by atoms with E-state index in [-0.39, 0.29) is 12.0 Å². The minimum atomic E-state index is -0.113. The van der Waals surface area contributed by atoms with Crippen molar-refractivity contribution in [3.8, 4) is 0 Å². The predicted molar refractivity (Wildman–Crippen MR) is 51.3 cm³/mol. The van der Waals surface area contributed by atoms with Crippen molar-refractivity contribution in [2.75, 3.05) is 6.54 Å². The van der Waals surface area contributed by atoms with Crippen LogP contribution < -0.4 is 5.32 Å². The molecule has 3 nitrogen and oxygen atoms in total. The summed E-state index contributed by atoms with van der Waals surface area (Å²) >= 11 is 0. The van der Waals surface area contributed by atoms with Gasteiger partial charge in [0.05, 0.1) is 6.10 Å². The van der Waals surface area contributed by atoms with E-state index >= 15 is 0 Å². The molecule has 2 N–H and O–H groups in total. The van der Waals surface area contributed by atoms with Gasteiger partial charge in [0.2, 0.25) is 5.91 Å². The number of carbonyl (C=O) groups excluding carboxylic acids is 1. The van der Waals surface area contributed by atoms with Gasteiger partial charge in [-0.2, -0.15) is 0 Å². The zero-order valence-corrected chi connectivity index (χ0v) is 8.25. The van der Waals surface area contributed by atoms with Crippen LogP contribution in [0.4, 0.5) is 0 Å². The van der Waals surface area contributed by atoms with Crippen LogP contribution in [0.2, 0.25) is 0 Å². The summed E-state index contributed by atoms with van der Waals surface area (Å²) in [5, 5.41) is 11.9. The third-order valence-electron chi connectivity index (χ3n) is 2.56. The van der Waals surface area contributed by atoms with Gasteiger partial charge < -0.3 is 10.4 Å². The number of rotatable bonds is 5. The number of hydrogen-bond acceptors (Lipinski definition) is 2. The molecule has 0 aliphatic heterocycles. The first-order valence-electron chi connectivity index (χ1n) is 5.17. The summed E-state index contributed by atoms with van der Waals surface area (Å²) in [6.07, 6.45) is 4.28. The van der Waals surface area contributed by atoms with Crippen LogP contribution in [0.15, 0.2) is 0 Å². The fourth-order valence-electron chi connectivity index (χ4n) is 1.55. The van der Waals surface area contributed by atoms with E-state index < -0.39 is 0 Å². The van der Waals surface area contributed by atoms with E-state index in [0.717, 1.165) is 32.2 Å². The van der Waals surface area contributed by atoms with Gasteiger partial charge in [0.1, 0.15) is 0 Å². The lowest BCUT2D eigenvalue weighted by Gasteiger charge is -2.31. The van der Waals surface area contributed by atoms with E-state index in [1.54, 1.807) is 0 Å². The zero-order valence-electron chi connectivity index (χ0n) is 8.25. The molecule has 0 unspecified atom stereocenters. The molecule has 1 amide bonds. The molecule has 1 aliphatic carbocycles. The van der Waals surface area contributed by atoms with Crippen molar-refractivity contribution in [1.29, 1.82) is 0 Å². The van der Waals surface area contributed by atoms with Crippen molar-refractivity contribution in [1.82, 2.24) is 5.32 Å². The summed E-state index contributed by atoms with van der Waals surface area (Å²) in [6.45, 7) is 2.83. The Bertz CT molecular complexity index is 164. The van der Waals surface area contributed by atoms with Crippen LogP contribution in [0, 0.1) is 5.92 Å². The number of aliphatic hydroxyl groups excluding tert-OH is 1. The van der Waals surface area contributed by atoms with Crippen LogP contribution in [0.25, 0.3) is 0 Å². The second-order valence-electron chi connectivity index (χ2n) is 3.90. The first-order valence-corrected chi connectivity index (χ1v) is 5.17. The van der Waals surface area contributed by atoms with E-state index in [2.05, 4.69) is 12.2 Å². The third-order valence-corrected chi connectivity index (χ3v) is 2.56. The maximum Gasteiger partial charge on any atom is 0.220 e. The zero-order chi connectivity index (χ0) is 9.68. The highest BCUT2D eigenvalue weighted by molar-refractivity contribution is 5.75. The maximum absolute atomic E-state index is 11.2. The van der Waals surface area contributed by atoms with Gasteiger partial charge in [-0.05, 0) is 25.2 Å². The average molecular weight is 185 g/mol. The number of hydrogen-bond donors (Lipinski definition) is 2. The summed E-state index contributed by atoms with van der Waals surface area (Å²) in [7, 11) is 0. The van der Waals surface area contributed by atoms with Gasteiger partial charge in [0, 0.05) is 13.0 Å². The van der Waals surface area contributed by atoms with Crippen molar-refractivity contribution in [2.45, 2.75) is 45.1 Å². The summed E-state index contributed by atoms with van der Waals surface area (Å²) in [6, 6.07) is 0. The van der Waals surface area contributed by atoms with Crippen molar-refractivity contribution in [3.63, 3.8) is 0 Å². The largest absolute Gasteiger partial charge is 0.393 e. The van der Waals surface area contributed by atoms with Crippen molar-refractivity contribution < 1.29 is 9.90 Å². The minimum absolute atomic E-state index is 0.113. The van der Waals surface area contributed by atoms with Crippen LogP contribution in [0.1, 0.15) is 39.0 Å². The molecule has 1 fully saturated rings. The highest BCUT2D eigenvalue weighted by Gasteiger charge is 2.26. The van der Waals surface area contributed by atoms with Crippen molar-refractivity contribution >= 4 is 5.91 Å². The van der Waals surface area contributed by atoms with Crippen LogP contribution in [-0.4, -0.2) is 23.7 Å². The first-order chi connectivity index (χ1) is 6.22. The molecule has 0 aromatic rings. The SMILES string of the molecule is CCCCC(=O)NCC1CC(O)C1. The van der Waals surface area contributed by atoms with Gasteiger partial charge in [-0.3, -0.25) is 4.79 Å². The highest BCUT2D eigenvalue weighted by Crippen LogP contribution is 2.25. The topological polar surface area (TPSA) is 49.3 Å². The van der Waals surface area contributed by atoms with E-state index in [1.807, 2.05) is 0 Å². The van der Waals surface area contributed by atoms with Gasteiger partial charge in [-0.25, -0.2) is 0 Å².